The third-order valence-electron chi connectivity index (χ3n) is 2.73. The van der Waals surface area contributed by atoms with Crippen LogP contribution in [0.1, 0.15) is 5.82 Å². The fourth-order valence-corrected chi connectivity index (χ4v) is 2.93. The van der Waals surface area contributed by atoms with E-state index in [4.69, 9.17) is 9.88 Å². The zero-order chi connectivity index (χ0) is 14.8. The molecule has 2 N–H and O–H groups in total. The highest BCUT2D eigenvalue weighted by molar-refractivity contribution is 9.10. The lowest BCUT2D eigenvalue weighted by Crippen LogP contribution is -2.15. The number of primary sulfonamides is 1. The van der Waals surface area contributed by atoms with E-state index in [1.54, 1.807) is 18.3 Å². The van der Waals surface area contributed by atoms with Crippen LogP contribution < -0.4 is 9.88 Å². The number of halogens is 1. The lowest BCUT2D eigenvalue weighted by atomic mass is 10.3. The number of rotatable bonds is 5. The van der Waals surface area contributed by atoms with E-state index in [2.05, 4.69) is 20.9 Å². The molecule has 0 bridgehead atoms. The lowest BCUT2D eigenvalue weighted by Gasteiger charge is -2.11. The van der Waals surface area contributed by atoms with E-state index in [1.807, 2.05) is 17.7 Å². The van der Waals surface area contributed by atoms with Gasteiger partial charge < -0.3 is 9.30 Å². The molecule has 108 valence electrons. The molecule has 1 aromatic carbocycles. The topological polar surface area (TPSA) is 87.2 Å². The minimum atomic E-state index is -3.82. The summed E-state index contributed by atoms with van der Waals surface area (Å²) < 4.78 is 31.1. The Morgan fingerprint density at radius 3 is 2.80 bits per heavy atom. The number of sulfonamides is 1. The molecule has 0 aliphatic heterocycles. The molecule has 1 heterocycles. The van der Waals surface area contributed by atoms with E-state index < -0.39 is 10.0 Å². The molecule has 0 fully saturated rings. The fraction of sp³-hybridized carbons (Fsp3) is 0.250. The molecule has 1 aromatic heterocycles. The molecule has 0 spiro atoms. The van der Waals surface area contributed by atoms with Crippen LogP contribution in [-0.2, 0) is 16.6 Å². The third-order valence-corrected chi connectivity index (χ3v) is 4.15. The van der Waals surface area contributed by atoms with Crippen LogP contribution in [0.3, 0.4) is 0 Å². The number of imidazole rings is 1. The molecule has 0 aliphatic rings. The molecule has 0 saturated heterocycles. The normalized spacial score (nSPS) is 11.6. The second-order valence-corrected chi connectivity index (χ2v) is 6.60. The van der Waals surface area contributed by atoms with Gasteiger partial charge >= 0.3 is 0 Å². The number of nitrogens with two attached hydrogens (primary N) is 1. The summed E-state index contributed by atoms with van der Waals surface area (Å²) in [6.45, 7) is 2.78. The molecule has 0 aliphatic carbocycles. The largest absolute Gasteiger partial charge is 0.490 e. The molecule has 0 unspecified atom stereocenters. The van der Waals surface area contributed by atoms with Crippen molar-refractivity contribution in [2.24, 2.45) is 5.14 Å². The summed E-state index contributed by atoms with van der Waals surface area (Å²) in [4.78, 5) is 4.06. The molecule has 0 amide bonds. The van der Waals surface area contributed by atoms with Crippen LogP contribution in [0.5, 0.6) is 5.75 Å². The van der Waals surface area contributed by atoms with E-state index >= 15 is 0 Å². The highest BCUT2D eigenvalue weighted by atomic mass is 79.9. The maximum absolute atomic E-state index is 11.5. The Labute approximate surface area is 125 Å². The minimum Gasteiger partial charge on any atom is -0.490 e. The van der Waals surface area contributed by atoms with Gasteiger partial charge in [0.05, 0.1) is 6.54 Å². The Balaban J connectivity index is 2.12. The van der Waals surface area contributed by atoms with Crippen LogP contribution in [0.2, 0.25) is 0 Å². The van der Waals surface area contributed by atoms with Gasteiger partial charge in [0.25, 0.3) is 0 Å². The number of aryl methyl sites for hydroxylation is 1. The number of hydrogen-bond acceptors (Lipinski definition) is 4. The molecular weight excluding hydrogens is 346 g/mol. The molecule has 0 atom stereocenters. The van der Waals surface area contributed by atoms with Crippen molar-refractivity contribution in [1.82, 2.24) is 9.55 Å². The van der Waals surface area contributed by atoms with Gasteiger partial charge in [-0.15, -0.1) is 0 Å². The van der Waals surface area contributed by atoms with E-state index in [1.165, 1.54) is 6.07 Å². The smallest absolute Gasteiger partial charge is 0.241 e. The maximum atomic E-state index is 11.5. The van der Waals surface area contributed by atoms with Crippen molar-refractivity contribution in [3.8, 4) is 5.75 Å². The Morgan fingerprint density at radius 1 is 1.45 bits per heavy atom. The summed E-state index contributed by atoms with van der Waals surface area (Å²) in [6.07, 6.45) is 3.53. The first-order chi connectivity index (χ1) is 9.38. The standard InChI is InChI=1S/C12H14BrN3O3S/c1-9-15-4-5-16(9)6-7-19-11-3-2-10(13)8-12(11)20(14,17)18/h2-5,8H,6-7H2,1H3,(H2,14,17,18). The average Bonchev–Trinajstić information content (AvgIpc) is 2.76. The predicted octanol–water partition coefficient (Wildman–Crippen LogP) is 1.68. The molecule has 8 heteroatoms. The summed E-state index contributed by atoms with van der Waals surface area (Å²) in [5, 5.41) is 5.17. The number of aromatic nitrogens is 2. The number of nitrogens with zero attached hydrogens (tertiary/aromatic N) is 2. The average molecular weight is 360 g/mol. The second-order valence-electron chi connectivity index (χ2n) is 4.15. The van der Waals surface area contributed by atoms with Crippen molar-refractivity contribution in [1.29, 1.82) is 0 Å². The number of benzene rings is 1. The molecule has 0 saturated carbocycles. The highest BCUT2D eigenvalue weighted by Crippen LogP contribution is 2.26. The van der Waals surface area contributed by atoms with Crippen molar-refractivity contribution in [3.63, 3.8) is 0 Å². The summed E-state index contributed by atoms with van der Waals surface area (Å²) in [5.74, 6) is 1.12. The SMILES string of the molecule is Cc1nccn1CCOc1ccc(Br)cc1S(N)(=O)=O. The molecule has 20 heavy (non-hydrogen) atoms. The molecule has 6 nitrogen and oxygen atoms in total. The van der Waals surface area contributed by atoms with Crippen molar-refractivity contribution < 1.29 is 13.2 Å². The van der Waals surface area contributed by atoms with Gasteiger partial charge in [0.2, 0.25) is 10.0 Å². The van der Waals surface area contributed by atoms with Crippen molar-refractivity contribution in [2.75, 3.05) is 6.61 Å². The monoisotopic (exact) mass is 359 g/mol. The van der Waals surface area contributed by atoms with Gasteiger partial charge in [-0.2, -0.15) is 0 Å². The molecule has 2 rings (SSSR count). The van der Waals surface area contributed by atoms with Crippen LogP contribution in [0.4, 0.5) is 0 Å². The first kappa shape index (κ1) is 15.0. The van der Waals surface area contributed by atoms with Crippen LogP contribution >= 0.6 is 15.9 Å². The van der Waals surface area contributed by atoms with Gasteiger partial charge in [-0.05, 0) is 25.1 Å². The van der Waals surface area contributed by atoms with Gasteiger partial charge in [0.1, 0.15) is 23.1 Å². The van der Waals surface area contributed by atoms with Crippen LogP contribution in [0, 0.1) is 6.92 Å². The molecule has 0 radical (unpaired) electrons. The van der Waals surface area contributed by atoms with E-state index in [9.17, 15) is 8.42 Å². The minimum absolute atomic E-state index is 0.0331. The predicted molar refractivity (Wildman–Crippen MR) is 78.0 cm³/mol. The first-order valence-corrected chi connectivity index (χ1v) is 8.15. The van der Waals surface area contributed by atoms with Crippen molar-refractivity contribution >= 4 is 26.0 Å². The summed E-state index contributed by atoms with van der Waals surface area (Å²) in [5.41, 5.74) is 0. The highest BCUT2D eigenvalue weighted by Gasteiger charge is 2.15. The second kappa shape index (κ2) is 5.94. The lowest BCUT2D eigenvalue weighted by molar-refractivity contribution is 0.290. The maximum Gasteiger partial charge on any atom is 0.241 e. The van der Waals surface area contributed by atoms with Gasteiger partial charge in [-0.3, -0.25) is 0 Å². The number of ether oxygens (including phenoxy) is 1. The Hall–Kier alpha value is -1.38. The quantitative estimate of drug-likeness (QED) is 0.879. The summed E-state index contributed by atoms with van der Waals surface area (Å²) in [6, 6.07) is 4.70. The van der Waals surface area contributed by atoms with Crippen molar-refractivity contribution in [3.05, 3.63) is 40.9 Å². The van der Waals surface area contributed by atoms with E-state index in [0.29, 0.717) is 17.6 Å². The molecular formula is C12H14BrN3O3S. The van der Waals surface area contributed by atoms with Gasteiger partial charge in [0.15, 0.2) is 0 Å². The van der Waals surface area contributed by atoms with Gasteiger partial charge in [0, 0.05) is 16.9 Å². The van der Waals surface area contributed by atoms with E-state index in [0.717, 1.165) is 5.82 Å². The van der Waals surface area contributed by atoms with Gasteiger partial charge in [-0.1, -0.05) is 15.9 Å². The Kier molecular flexibility index (Phi) is 4.46. The van der Waals surface area contributed by atoms with Crippen LogP contribution in [0.15, 0.2) is 40.0 Å². The Bertz CT molecular complexity index is 712. The summed E-state index contributed by atoms with van der Waals surface area (Å²) in [7, 11) is -3.82. The van der Waals surface area contributed by atoms with E-state index in [-0.39, 0.29) is 10.6 Å². The zero-order valence-corrected chi connectivity index (χ0v) is 13.2. The van der Waals surface area contributed by atoms with Crippen LogP contribution in [0.25, 0.3) is 0 Å². The first-order valence-electron chi connectivity index (χ1n) is 5.81. The summed E-state index contributed by atoms with van der Waals surface area (Å²) >= 11 is 3.21. The zero-order valence-electron chi connectivity index (χ0n) is 10.8. The number of hydrogen-bond donors (Lipinski definition) is 1. The third kappa shape index (κ3) is 3.59. The van der Waals surface area contributed by atoms with Gasteiger partial charge in [-0.25, -0.2) is 18.5 Å². The van der Waals surface area contributed by atoms with Crippen LogP contribution in [-0.4, -0.2) is 24.6 Å². The molecule has 2 aromatic rings. The Morgan fingerprint density at radius 2 is 2.20 bits per heavy atom. The van der Waals surface area contributed by atoms with Crippen molar-refractivity contribution in [2.45, 2.75) is 18.4 Å². The fourth-order valence-electron chi connectivity index (χ4n) is 1.72.